The predicted octanol–water partition coefficient (Wildman–Crippen LogP) is 5.61. The molecule has 2 aromatic rings. The molecule has 0 aliphatic heterocycles. The standard InChI is InChI=1S/C26H34O7/c1-4-7-20-9-13-22(14-10-20)25(27)32-30-24(17-19-29-18-6-3)31-33-26(28)23-15-11-21(8-5-2)12-16-23/h9-16,24H,4-8,17-19H2,1-3H3. The Morgan fingerprint density at radius 3 is 1.52 bits per heavy atom. The summed E-state index contributed by atoms with van der Waals surface area (Å²) in [7, 11) is 0. The number of benzene rings is 2. The molecule has 2 rings (SSSR count). The summed E-state index contributed by atoms with van der Waals surface area (Å²) in [4.78, 5) is 44.7. The summed E-state index contributed by atoms with van der Waals surface area (Å²) in [5, 5.41) is 0. The minimum atomic E-state index is -1.13. The lowest BCUT2D eigenvalue weighted by molar-refractivity contribution is -0.422. The molecule has 7 nitrogen and oxygen atoms in total. The first-order chi connectivity index (χ1) is 16.1. The fraction of sp³-hybridized carbons (Fsp3) is 0.462. The summed E-state index contributed by atoms with van der Waals surface area (Å²) in [5.41, 5.74) is 2.97. The first-order valence-corrected chi connectivity index (χ1v) is 11.6. The van der Waals surface area contributed by atoms with Crippen LogP contribution in [0.3, 0.4) is 0 Å². The maximum Gasteiger partial charge on any atom is 0.373 e. The summed E-state index contributed by atoms with van der Waals surface area (Å²) in [6, 6.07) is 14.2. The van der Waals surface area contributed by atoms with E-state index in [1.165, 1.54) is 0 Å². The highest BCUT2D eigenvalue weighted by Gasteiger charge is 2.20. The van der Waals surface area contributed by atoms with Gasteiger partial charge in [0.15, 0.2) is 0 Å². The number of carbonyl (C=O) groups is 2. The van der Waals surface area contributed by atoms with Gasteiger partial charge in [0.25, 0.3) is 0 Å². The normalized spacial score (nSPS) is 10.9. The van der Waals surface area contributed by atoms with Gasteiger partial charge in [-0.25, -0.2) is 9.59 Å². The third-order valence-electron chi connectivity index (χ3n) is 4.77. The van der Waals surface area contributed by atoms with Crippen LogP contribution < -0.4 is 0 Å². The molecule has 7 heteroatoms. The number of hydrogen-bond acceptors (Lipinski definition) is 7. The van der Waals surface area contributed by atoms with Crippen molar-refractivity contribution in [2.45, 2.75) is 65.6 Å². The summed E-state index contributed by atoms with van der Waals surface area (Å²) < 4.78 is 5.43. The van der Waals surface area contributed by atoms with E-state index in [2.05, 4.69) is 13.8 Å². The Morgan fingerprint density at radius 1 is 0.667 bits per heavy atom. The number of carbonyl (C=O) groups excluding carboxylic acids is 2. The van der Waals surface area contributed by atoms with Crippen LogP contribution in [0.2, 0.25) is 0 Å². The highest BCUT2D eigenvalue weighted by Crippen LogP contribution is 2.12. The van der Waals surface area contributed by atoms with Gasteiger partial charge < -0.3 is 4.74 Å². The van der Waals surface area contributed by atoms with E-state index in [9.17, 15) is 9.59 Å². The molecule has 0 radical (unpaired) electrons. The maximum atomic E-state index is 12.3. The molecule has 0 bridgehead atoms. The van der Waals surface area contributed by atoms with Crippen molar-refractivity contribution in [2.24, 2.45) is 0 Å². The lowest BCUT2D eigenvalue weighted by atomic mass is 10.1. The molecule has 0 atom stereocenters. The van der Waals surface area contributed by atoms with Crippen molar-refractivity contribution in [1.29, 1.82) is 0 Å². The van der Waals surface area contributed by atoms with Crippen LogP contribution in [0.1, 0.15) is 78.3 Å². The molecule has 0 aliphatic rings. The smallest absolute Gasteiger partial charge is 0.373 e. The SMILES string of the molecule is CCCOCCC(OOC(=O)c1ccc(CCC)cc1)OOC(=O)c1ccc(CCC)cc1. The molecular weight excluding hydrogens is 424 g/mol. The Morgan fingerprint density at radius 2 is 1.12 bits per heavy atom. The van der Waals surface area contributed by atoms with Gasteiger partial charge in [0.1, 0.15) is 0 Å². The monoisotopic (exact) mass is 458 g/mol. The zero-order chi connectivity index (χ0) is 23.9. The lowest BCUT2D eigenvalue weighted by Gasteiger charge is -2.15. The molecule has 0 aliphatic carbocycles. The second-order valence-electron chi connectivity index (χ2n) is 7.66. The van der Waals surface area contributed by atoms with E-state index in [1.807, 2.05) is 31.2 Å². The predicted molar refractivity (Wildman–Crippen MR) is 123 cm³/mol. The van der Waals surface area contributed by atoms with Crippen LogP contribution >= 0.6 is 0 Å². The van der Waals surface area contributed by atoms with E-state index < -0.39 is 18.2 Å². The van der Waals surface area contributed by atoms with Crippen LogP contribution in [0, 0.1) is 0 Å². The molecular formula is C26H34O7. The van der Waals surface area contributed by atoms with Crippen LogP contribution in [0.15, 0.2) is 48.5 Å². The molecule has 0 saturated heterocycles. The fourth-order valence-electron chi connectivity index (χ4n) is 3.02. The van der Waals surface area contributed by atoms with Gasteiger partial charge in [0.05, 0.1) is 17.7 Å². The zero-order valence-corrected chi connectivity index (χ0v) is 19.7. The number of ether oxygens (including phenoxy) is 1. The molecule has 0 N–H and O–H groups in total. The second-order valence-corrected chi connectivity index (χ2v) is 7.66. The van der Waals surface area contributed by atoms with Crippen molar-refractivity contribution in [3.8, 4) is 0 Å². The third-order valence-corrected chi connectivity index (χ3v) is 4.77. The van der Waals surface area contributed by atoms with Crippen molar-refractivity contribution < 1.29 is 33.9 Å². The Hall–Kier alpha value is -2.74. The molecule has 0 heterocycles. The van der Waals surface area contributed by atoms with Gasteiger partial charge in [-0.2, -0.15) is 0 Å². The number of rotatable bonds is 15. The fourth-order valence-corrected chi connectivity index (χ4v) is 3.02. The quantitative estimate of drug-likeness (QED) is 0.148. The summed E-state index contributed by atoms with van der Waals surface area (Å²) in [5.74, 6) is -1.34. The van der Waals surface area contributed by atoms with Crippen LogP contribution in [-0.4, -0.2) is 31.4 Å². The van der Waals surface area contributed by atoms with Gasteiger partial charge in [0, 0.05) is 13.0 Å². The molecule has 180 valence electrons. The van der Waals surface area contributed by atoms with Crippen LogP contribution in [0.25, 0.3) is 0 Å². The number of aryl methyl sites for hydroxylation is 2. The average molecular weight is 459 g/mol. The Labute approximate surface area is 195 Å². The van der Waals surface area contributed by atoms with E-state index in [1.54, 1.807) is 24.3 Å². The highest BCUT2D eigenvalue weighted by molar-refractivity contribution is 5.89. The molecule has 33 heavy (non-hydrogen) atoms. The molecule has 0 amide bonds. The molecule has 0 aromatic heterocycles. The third kappa shape index (κ3) is 9.74. The minimum absolute atomic E-state index is 0.200. The van der Waals surface area contributed by atoms with E-state index >= 15 is 0 Å². The van der Waals surface area contributed by atoms with Gasteiger partial charge in [-0.1, -0.05) is 57.9 Å². The molecule has 0 unspecified atom stereocenters. The summed E-state index contributed by atoms with van der Waals surface area (Å²) >= 11 is 0. The van der Waals surface area contributed by atoms with Gasteiger partial charge in [-0.05, 0) is 54.7 Å². The van der Waals surface area contributed by atoms with Crippen LogP contribution in [-0.2, 0) is 37.1 Å². The van der Waals surface area contributed by atoms with E-state index in [4.69, 9.17) is 24.3 Å². The van der Waals surface area contributed by atoms with Gasteiger partial charge in [-0.15, -0.1) is 9.78 Å². The molecule has 0 saturated carbocycles. The van der Waals surface area contributed by atoms with E-state index in [0.717, 1.165) is 43.2 Å². The van der Waals surface area contributed by atoms with Crippen molar-refractivity contribution in [2.75, 3.05) is 13.2 Å². The largest absolute Gasteiger partial charge is 0.381 e. The average Bonchev–Trinajstić information content (AvgIpc) is 2.84. The van der Waals surface area contributed by atoms with Crippen LogP contribution in [0.5, 0.6) is 0 Å². The molecule has 0 fully saturated rings. The van der Waals surface area contributed by atoms with Crippen LogP contribution in [0.4, 0.5) is 0 Å². The zero-order valence-electron chi connectivity index (χ0n) is 19.7. The van der Waals surface area contributed by atoms with Crippen molar-refractivity contribution in [3.05, 3.63) is 70.8 Å². The summed E-state index contributed by atoms with van der Waals surface area (Å²) in [6.07, 6.45) is 3.84. The first kappa shape index (κ1) is 26.5. The van der Waals surface area contributed by atoms with Crippen molar-refractivity contribution in [1.82, 2.24) is 0 Å². The van der Waals surface area contributed by atoms with E-state index in [-0.39, 0.29) is 13.0 Å². The van der Waals surface area contributed by atoms with Gasteiger partial charge in [-0.3, -0.25) is 9.78 Å². The Balaban J connectivity index is 1.89. The Bertz CT molecular complexity index is 765. The molecule has 0 spiro atoms. The lowest BCUT2D eigenvalue weighted by Crippen LogP contribution is -2.24. The summed E-state index contributed by atoms with van der Waals surface area (Å²) in [6.45, 7) is 7.03. The van der Waals surface area contributed by atoms with Crippen molar-refractivity contribution >= 4 is 11.9 Å². The van der Waals surface area contributed by atoms with Gasteiger partial charge >= 0.3 is 11.9 Å². The number of hydrogen-bond donors (Lipinski definition) is 0. The highest BCUT2D eigenvalue weighted by atomic mass is 17.3. The first-order valence-electron chi connectivity index (χ1n) is 11.6. The maximum absolute atomic E-state index is 12.3. The van der Waals surface area contributed by atoms with E-state index in [0.29, 0.717) is 17.7 Å². The molecule has 2 aromatic carbocycles. The second kappa shape index (κ2) is 15.2. The Kier molecular flexibility index (Phi) is 12.2. The topological polar surface area (TPSA) is 80.3 Å². The van der Waals surface area contributed by atoms with Gasteiger partial charge in [0.2, 0.25) is 6.29 Å². The minimum Gasteiger partial charge on any atom is -0.381 e. The van der Waals surface area contributed by atoms with Crippen molar-refractivity contribution in [3.63, 3.8) is 0 Å².